The number of hydrogen-bond donors (Lipinski definition) is 1. The first kappa shape index (κ1) is 19.8. The van der Waals surface area contributed by atoms with Gasteiger partial charge in [0.15, 0.2) is 0 Å². The lowest BCUT2D eigenvalue weighted by molar-refractivity contribution is -0.123. The van der Waals surface area contributed by atoms with Crippen LogP contribution in [-0.2, 0) is 4.79 Å². The van der Waals surface area contributed by atoms with Gasteiger partial charge in [-0.25, -0.2) is 0 Å². The fraction of sp³-hybridized carbons (Fsp3) is 0.708. The molecule has 1 aromatic rings. The normalized spacial score (nSPS) is 30.9. The Hall–Kier alpha value is -1.55. The molecule has 1 aromatic carbocycles. The van der Waals surface area contributed by atoms with Crippen molar-refractivity contribution < 1.29 is 4.79 Å². The van der Waals surface area contributed by atoms with Crippen molar-refractivity contribution in [2.75, 3.05) is 37.6 Å². The smallest absolute Gasteiger partial charge is 0.223 e. The fourth-order valence-corrected chi connectivity index (χ4v) is 5.21. The maximum absolute atomic E-state index is 12.6. The highest BCUT2D eigenvalue weighted by molar-refractivity contribution is 5.81. The summed E-state index contributed by atoms with van der Waals surface area (Å²) in [6.45, 7) is 10.00. The zero-order chi connectivity index (χ0) is 19.5. The van der Waals surface area contributed by atoms with Crippen LogP contribution in [0.5, 0.6) is 0 Å². The molecule has 28 heavy (non-hydrogen) atoms. The van der Waals surface area contributed by atoms with Crippen molar-refractivity contribution in [2.45, 2.75) is 58.4 Å². The Balaban J connectivity index is 1.17. The third-order valence-corrected chi connectivity index (χ3v) is 7.35. The number of anilines is 1. The van der Waals surface area contributed by atoms with Gasteiger partial charge in [-0.2, -0.15) is 0 Å². The van der Waals surface area contributed by atoms with E-state index in [1.165, 1.54) is 43.4 Å². The molecule has 2 aliphatic carbocycles. The van der Waals surface area contributed by atoms with E-state index < -0.39 is 0 Å². The first-order valence-electron chi connectivity index (χ1n) is 11.5. The summed E-state index contributed by atoms with van der Waals surface area (Å²) >= 11 is 0. The van der Waals surface area contributed by atoms with E-state index in [0.29, 0.717) is 17.9 Å². The van der Waals surface area contributed by atoms with Gasteiger partial charge in [0.25, 0.3) is 0 Å². The molecule has 3 fully saturated rings. The van der Waals surface area contributed by atoms with Crippen molar-refractivity contribution in [1.82, 2.24) is 10.2 Å². The van der Waals surface area contributed by atoms with Crippen LogP contribution in [0.25, 0.3) is 0 Å². The highest BCUT2D eigenvalue weighted by Crippen LogP contribution is 2.40. The molecule has 2 atom stereocenters. The average Bonchev–Trinajstić information content (AvgIpc) is 3.49. The minimum Gasteiger partial charge on any atom is -0.369 e. The molecule has 3 aliphatic rings. The number of carbonyl (C=O) groups is 1. The minimum atomic E-state index is 0.276. The van der Waals surface area contributed by atoms with Crippen molar-refractivity contribution in [3.63, 3.8) is 0 Å². The van der Waals surface area contributed by atoms with E-state index in [1.54, 1.807) is 0 Å². The molecule has 0 unspecified atom stereocenters. The van der Waals surface area contributed by atoms with Gasteiger partial charge in [-0.15, -0.1) is 0 Å². The summed E-state index contributed by atoms with van der Waals surface area (Å²) in [6.07, 6.45) is 7.34. The number of benzene rings is 1. The van der Waals surface area contributed by atoms with Gasteiger partial charge in [0.1, 0.15) is 0 Å². The lowest BCUT2D eigenvalue weighted by Crippen LogP contribution is -2.47. The Bertz CT molecular complexity index is 660. The van der Waals surface area contributed by atoms with Crippen LogP contribution < -0.4 is 10.2 Å². The van der Waals surface area contributed by atoms with Gasteiger partial charge in [-0.05, 0) is 62.5 Å². The SMILES string of the molecule is CCC1CCC(NC(=O)[C@@H]2C[C@H]2CN2CCN(c3ccccc3C)CC2)CC1. The Morgan fingerprint density at radius 2 is 1.79 bits per heavy atom. The van der Waals surface area contributed by atoms with E-state index in [9.17, 15) is 4.79 Å². The average molecular weight is 384 g/mol. The van der Waals surface area contributed by atoms with Gasteiger partial charge in [0.2, 0.25) is 5.91 Å². The second kappa shape index (κ2) is 8.86. The second-order valence-corrected chi connectivity index (χ2v) is 9.31. The minimum absolute atomic E-state index is 0.276. The van der Waals surface area contributed by atoms with Crippen LogP contribution in [0.4, 0.5) is 5.69 Å². The number of nitrogens with one attached hydrogen (secondary N) is 1. The number of para-hydroxylation sites is 1. The van der Waals surface area contributed by atoms with Gasteiger partial charge in [-0.1, -0.05) is 31.5 Å². The first-order chi connectivity index (χ1) is 13.6. The number of rotatable bonds is 6. The second-order valence-electron chi connectivity index (χ2n) is 9.31. The Kier molecular flexibility index (Phi) is 6.25. The number of aryl methyl sites for hydroxylation is 1. The fourth-order valence-electron chi connectivity index (χ4n) is 5.21. The quantitative estimate of drug-likeness (QED) is 0.811. The van der Waals surface area contributed by atoms with Crippen LogP contribution >= 0.6 is 0 Å². The van der Waals surface area contributed by atoms with E-state index in [1.807, 2.05) is 0 Å². The molecule has 1 heterocycles. The molecule has 1 amide bonds. The van der Waals surface area contributed by atoms with Crippen molar-refractivity contribution in [3.05, 3.63) is 29.8 Å². The van der Waals surface area contributed by atoms with Crippen molar-refractivity contribution in [3.8, 4) is 0 Å². The van der Waals surface area contributed by atoms with E-state index in [-0.39, 0.29) is 5.92 Å². The number of hydrogen-bond acceptors (Lipinski definition) is 3. The molecule has 1 saturated heterocycles. The summed E-state index contributed by atoms with van der Waals surface area (Å²) in [6, 6.07) is 9.12. The first-order valence-corrected chi connectivity index (χ1v) is 11.5. The topological polar surface area (TPSA) is 35.6 Å². The van der Waals surface area contributed by atoms with Crippen molar-refractivity contribution in [1.29, 1.82) is 0 Å². The molecule has 154 valence electrons. The predicted molar refractivity (Wildman–Crippen MR) is 116 cm³/mol. The Labute approximate surface area is 170 Å². The molecular formula is C24H37N3O. The summed E-state index contributed by atoms with van der Waals surface area (Å²) in [7, 11) is 0. The Morgan fingerprint density at radius 1 is 1.07 bits per heavy atom. The van der Waals surface area contributed by atoms with Gasteiger partial charge in [0.05, 0.1) is 0 Å². The van der Waals surface area contributed by atoms with E-state index in [0.717, 1.165) is 45.1 Å². The molecule has 1 aliphatic heterocycles. The summed E-state index contributed by atoms with van der Waals surface area (Å²) in [5.74, 6) is 2.08. The van der Waals surface area contributed by atoms with E-state index in [2.05, 4.69) is 53.2 Å². The van der Waals surface area contributed by atoms with Gasteiger partial charge < -0.3 is 10.2 Å². The van der Waals surface area contributed by atoms with Crippen LogP contribution in [0.3, 0.4) is 0 Å². The molecule has 2 saturated carbocycles. The Morgan fingerprint density at radius 3 is 2.46 bits per heavy atom. The monoisotopic (exact) mass is 383 g/mol. The van der Waals surface area contributed by atoms with Crippen LogP contribution in [0.1, 0.15) is 51.0 Å². The van der Waals surface area contributed by atoms with Crippen LogP contribution in [0, 0.1) is 24.7 Å². The summed E-state index contributed by atoms with van der Waals surface area (Å²) in [5.41, 5.74) is 2.74. The van der Waals surface area contributed by atoms with Gasteiger partial charge in [-0.3, -0.25) is 9.69 Å². The molecule has 0 bridgehead atoms. The van der Waals surface area contributed by atoms with Crippen molar-refractivity contribution in [2.24, 2.45) is 17.8 Å². The maximum Gasteiger partial charge on any atom is 0.223 e. The lowest BCUT2D eigenvalue weighted by Gasteiger charge is -2.37. The largest absolute Gasteiger partial charge is 0.369 e. The molecule has 0 spiro atoms. The van der Waals surface area contributed by atoms with Gasteiger partial charge >= 0.3 is 0 Å². The maximum atomic E-state index is 12.6. The highest BCUT2D eigenvalue weighted by Gasteiger charge is 2.44. The predicted octanol–water partition coefficient (Wildman–Crippen LogP) is 3.84. The van der Waals surface area contributed by atoms with Crippen LogP contribution in [0.15, 0.2) is 24.3 Å². The molecule has 1 N–H and O–H groups in total. The van der Waals surface area contributed by atoms with Crippen molar-refractivity contribution >= 4 is 11.6 Å². The lowest BCUT2D eigenvalue weighted by atomic mass is 9.84. The number of amides is 1. The molecule has 4 nitrogen and oxygen atoms in total. The van der Waals surface area contributed by atoms with E-state index >= 15 is 0 Å². The molecule has 0 radical (unpaired) electrons. The molecular weight excluding hydrogens is 346 g/mol. The number of nitrogens with zero attached hydrogens (tertiary/aromatic N) is 2. The van der Waals surface area contributed by atoms with Crippen LogP contribution in [0.2, 0.25) is 0 Å². The number of carbonyl (C=O) groups excluding carboxylic acids is 1. The highest BCUT2D eigenvalue weighted by atomic mass is 16.2. The molecule has 4 heteroatoms. The third kappa shape index (κ3) is 4.71. The zero-order valence-corrected chi connectivity index (χ0v) is 17.7. The zero-order valence-electron chi connectivity index (χ0n) is 17.7. The summed E-state index contributed by atoms with van der Waals surface area (Å²) in [5, 5.41) is 3.36. The van der Waals surface area contributed by atoms with Crippen LogP contribution in [-0.4, -0.2) is 49.6 Å². The van der Waals surface area contributed by atoms with Gasteiger partial charge in [0, 0.05) is 50.4 Å². The summed E-state index contributed by atoms with van der Waals surface area (Å²) in [4.78, 5) is 17.7. The molecule has 0 aromatic heterocycles. The van der Waals surface area contributed by atoms with E-state index in [4.69, 9.17) is 0 Å². The standard InChI is InChI=1S/C24H37N3O/c1-3-19-8-10-21(11-9-19)25-24(28)22-16-20(22)17-26-12-14-27(15-13-26)23-7-5-4-6-18(23)2/h4-7,19-22H,3,8-17H2,1-2H3,(H,25,28)/t19?,20-,21?,22+/m0/s1. The third-order valence-electron chi connectivity index (χ3n) is 7.35. The summed E-state index contributed by atoms with van der Waals surface area (Å²) < 4.78 is 0. The number of piperazine rings is 1. The molecule has 4 rings (SSSR count).